The summed E-state index contributed by atoms with van der Waals surface area (Å²) in [6.45, 7) is 0.573. The smallest absolute Gasteiger partial charge is 0.292 e. The summed E-state index contributed by atoms with van der Waals surface area (Å²) in [4.78, 5) is 24.0. The number of hydrogen-bond donors (Lipinski definition) is 1. The van der Waals surface area contributed by atoms with Crippen LogP contribution in [0.4, 0.5) is 11.4 Å². The van der Waals surface area contributed by atoms with Crippen molar-refractivity contribution in [2.45, 2.75) is 0 Å². The number of nitro groups is 1. The van der Waals surface area contributed by atoms with Crippen molar-refractivity contribution in [1.82, 2.24) is 4.90 Å². The van der Waals surface area contributed by atoms with Gasteiger partial charge in [-0.25, -0.2) is 0 Å². The third kappa shape index (κ3) is 4.36. The second-order valence-corrected chi connectivity index (χ2v) is 5.50. The minimum atomic E-state index is -0.617. The van der Waals surface area contributed by atoms with Crippen LogP contribution < -0.4 is 10.5 Å². The number of anilines is 1. The fraction of sp³-hybridized carbons (Fsp3) is 0.188. The lowest BCUT2D eigenvalue weighted by atomic mass is 10.1. The van der Waals surface area contributed by atoms with Crippen LogP contribution in [0.2, 0.25) is 5.02 Å². The van der Waals surface area contributed by atoms with E-state index in [9.17, 15) is 14.9 Å². The van der Waals surface area contributed by atoms with Crippen LogP contribution in [0.1, 0.15) is 10.4 Å². The summed E-state index contributed by atoms with van der Waals surface area (Å²) in [7, 11) is 1.59. The van der Waals surface area contributed by atoms with Crippen LogP contribution in [-0.2, 0) is 0 Å². The minimum Gasteiger partial charge on any atom is -0.492 e. The van der Waals surface area contributed by atoms with Gasteiger partial charge in [0.25, 0.3) is 11.6 Å². The maximum Gasteiger partial charge on any atom is 0.292 e. The number of carbonyl (C=O) groups excluding carboxylic acids is 1. The van der Waals surface area contributed by atoms with Gasteiger partial charge in [-0.05, 0) is 30.3 Å². The number of amides is 1. The number of likely N-dealkylation sites (N-methyl/N-ethyl adjacent to an activating group) is 1. The summed E-state index contributed by atoms with van der Waals surface area (Å²) in [6, 6.07) is 10.9. The highest BCUT2D eigenvalue weighted by Crippen LogP contribution is 2.23. The lowest BCUT2D eigenvalue weighted by molar-refractivity contribution is -0.383. The number of ether oxygens (including phenoxy) is 1. The highest BCUT2D eigenvalue weighted by Gasteiger charge is 2.18. The van der Waals surface area contributed by atoms with Gasteiger partial charge in [0, 0.05) is 23.7 Å². The van der Waals surface area contributed by atoms with E-state index in [0.717, 1.165) is 0 Å². The number of rotatable bonds is 6. The molecular formula is C16H16ClN3O4. The van der Waals surface area contributed by atoms with E-state index < -0.39 is 4.92 Å². The van der Waals surface area contributed by atoms with Gasteiger partial charge < -0.3 is 15.4 Å². The van der Waals surface area contributed by atoms with Gasteiger partial charge in [-0.2, -0.15) is 0 Å². The second kappa shape index (κ2) is 7.65. The number of nitrogens with zero attached hydrogens (tertiary/aromatic N) is 2. The van der Waals surface area contributed by atoms with Crippen molar-refractivity contribution in [2.75, 3.05) is 25.9 Å². The molecule has 0 aliphatic heterocycles. The number of halogens is 1. The summed E-state index contributed by atoms with van der Waals surface area (Å²) in [5, 5.41) is 11.5. The number of benzene rings is 2. The van der Waals surface area contributed by atoms with Gasteiger partial charge in [-0.1, -0.05) is 17.7 Å². The summed E-state index contributed by atoms with van der Waals surface area (Å²) in [5.74, 6) is 0.249. The Morgan fingerprint density at radius 2 is 2.08 bits per heavy atom. The van der Waals surface area contributed by atoms with Gasteiger partial charge in [0.05, 0.1) is 11.5 Å². The summed E-state index contributed by atoms with van der Waals surface area (Å²) in [5.41, 5.74) is 5.45. The Labute approximate surface area is 143 Å². The van der Waals surface area contributed by atoms with Crippen LogP contribution >= 0.6 is 11.6 Å². The zero-order chi connectivity index (χ0) is 17.7. The van der Waals surface area contributed by atoms with Crippen molar-refractivity contribution in [3.8, 4) is 5.75 Å². The molecule has 0 aliphatic carbocycles. The molecule has 126 valence electrons. The standard InChI is InChI=1S/C16H16ClN3O4/c1-19(7-8-24-13-4-2-3-12(17)10-13)16(21)11-5-6-14(18)15(9-11)20(22)23/h2-6,9-10H,7-8,18H2,1H3. The summed E-state index contributed by atoms with van der Waals surface area (Å²) >= 11 is 5.86. The third-order valence-electron chi connectivity index (χ3n) is 3.31. The molecule has 0 unspecified atom stereocenters. The van der Waals surface area contributed by atoms with E-state index >= 15 is 0 Å². The van der Waals surface area contributed by atoms with E-state index in [0.29, 0.717) is 17.3 Å². The van der Waals surface area contributed by atoms with Crippen molar-refractivity contribution in [1.29, 1.82) is 0 Å². The molecule has 0 fully saturated rings. The van der Waals surface area contributed by atoms with Gasteiger partial charge >= 0.3 is 0 Å². The molecule has 1 amide bonds. The molecule has 24 heavy (non-hydrogen) atoms. The Morgan fingerprint density at radius 3 is 2.75 bits per heavy atom. The fourth-order valence-corrected chi connectivity index (χ4v) is 2.19. The topological polar surface area (TPSA) is 98.7 Å². The lowest BCUT2D eigenvalue weighted by Crippen LogP contribution is -2.30. The van der Waals surface area contributed by atoms with Crippen LogP contribution in [0, 0.1) is 10.1 Å². The van der Waals surface area contributed by atoms with Crippen LogP contribution in [0.3, 0.4) is 0 Å². The molecule has 0 spiro atoms. The third-order valence-corrected chi connectivity index (χ3v) is 3.55. The molecular weight excluding hydrogens is 334 g/mol. The van der Waals surface area contributed by atoms with E-state index in [2.05, 4.69) is 0 Å². The number of hydrogen-bond acceptors (Lipinski definition) is 5. The van der Waals surface area contributed by atoms with Crippen molar-refractivity contribution in [3.05, 3.63) is 63.2 Å². The first-order valence-corrected chi connectivity index (χ1v) is 7.44. The Kier molecular flexibility index (Phi) is 5.59. The predicted molar refractivity (Wildman–Crippen MR) is 91.4 cm³/mol. The van der Waals surface area contributed by atoms with E-state index in [1.807, 2.05) is 0 Å². The van der Waals surface area contributed by atoms with Crippen molar-refractivity contribution >= 4 is 28.9 Å². The van der Waals surface area contributed by atoms with Gasteiger partial charge in [0.15, 0.2) is 0 Å². The molecule has 0 bridgehead atoms. The highest BCUT2D eigenvalue weighted by atomic mass is 35.5. The van der Waals surface area contributed by atoms with Crippen LogP contribution in [0.15, 0.2) is 42.5 Å². The van der Waals surface area contributed by atoms with Crippen LogP contribution in [0.5, 0.6) is 5.75 Å². The molecule has 2 rings (SSSR count). The molecule has 2 N–H and O–H groups in total. The van der Waals surface area contributed by atoms with Gasteiger partial charge in [0.2, 0.25) is 0 Å². The van der Waals surface area contributed by atoms with Crippen molar-refractivity contribution in [3.63, 3.8) is 0 Å². The summed E-state index contributed by atoms with van der Waals surface area (Å²) < 4.78 is 5.52. The molecule has 0 saturated heterocycles. The molecule has 8 heteroatoms. The van der Waals surface area contributed by atoms with E-state index in [1.165, 1.54) is 23.1 Å². The summed E-state index contributed by atoms with van der Waals surface area (Å²) in [6.07, 6.45) is 0. The van der Waals surface area contributed by atoms with Gasteiger partial charge in [-0.15, -0.1) is 0 Å². The van der Waals surface area contributed by atoms with E-state index in [1.54, 1.807) is 31.3 Å². The quantitative estimate of drug-likeness (QED) is 0.491. The Bertz CT molecular complexity index is 767. The van der Waals surface area contributed by atoms with E-state index in [4.69, 9.17) is 22.1 Å². The van der Waals surface area contributed by atoms with Gasteiger partial charge in [0.1, 0.15) is 18.0 Å². The van der Waals surface area contributed by atoms with Gasteiger partial charge in [-0.3, -0.25) is 14.9 Å². The normalized spacial score (nSPS) is 10.2. The molecule has 2 aromatic rings. The molecule has 0 saturated carbocycles. The Balaban J connectivity index is 1.97. The highest BCUT2D eigenvalue weighted by molar-refractivity contribution is 6.30. The first kappa shape index (κ1) is 17.6. The number of nitrogens with two attached hydrogens (primary N) is 1. The molecule has 7 nitrogen and oxygen atoms in total. The van der Waals surface area contributed by atoms with Crippen LogP contribution in [-0.4, -0.2) is 35.9 Å². The maximum atomic E-state index is 12.3. The average molecular weight is 350 g/mol. The average Bonchev–Trinajstić information content (AvgIpc) is 2.54. The van der Waals surface area contributed by atoms with Crippen LogP contribution in [0.25, 0.3) is 0 Å². The zero-order valence-electron chi connectivity index (χ0n) is 12.9. The second-order valence-electron chi connectivity index (χ2n) is 5.06. The molecule has 0 radical (unpaired) electrons. The molecule has 2 aromatic carbocycles. The van der Waals surface area contributed by atoms with Crippen molar-refractivity contribution < 1.29 is 14.5 Å². The fourth-order valence-electron chi connectivity index (χ4n) is 2.01. The maximum absolute atomic E-state index is 12.3. The predicted octanol–water partition coefficient (Wildman–Crippen LogP) is 2.98. The first-order valence-electron chi connectivity index (χ1n) is 7.06. The number of carbonyl (C=O) groups is 1. The molecule has 0 atom stereocenters. The Hall–Kier alpha value is -2.80. The number of nitro benzene ring substituents is 1. The molecule has 0 aromatic heterocycles. The molecule has 0 heterocycles. The van der Waals surface area contributed by atoms with E-state index in [-0.39, 0.29) is 29.5 Å². The monoisotopic (exact) mass is 349 g/mol. The Morgan fingerprint density at radius 1 is 1.33 bits per heavy atom. The SMILES string of the molecule is CN(CCOc1cccc(Cl)c1)C(=O)c1ccc(N)c([N+](=O)[O-])c1. The zero-order valence-corrected chi connectivity index (χ0v) is 13.7. The minimum absolute atomic E-state index is 0.0171. The first-order chi connectivity index (χ1) is 11.4. The van der Waals surface area contributed by atoms with Crippen molar-refractivity contribution in [2.24, 2.45) is 0 Å². The number of nitrogen functional groups attached to an aromatic ring is 1. The molecule has 0 aliphatic rings. The largest absolute Gasteiger partial charge is 0.492 e. The lowest BCUT2D eigenvalue weighted by Gasteiger charge is -2.17.